The highest BCUT2D eigenvalue weighted by molar-refractivity contribution is 5.75. The molecule has 1 atom stereocenters. The Balaban J connectivity index is 1.60. The Kier molecular flexibility index (Phi) is 7.11. The molecule has 3 amide bonds. The molecule has 3 N–H and O–H groups in total. The van der Waals surface area contributed by atoms with E-state index >= 15 is 0 Å². The van der Waals surface area contributed by atoms with E-state index in [1.165, 1.54) is 19.3 Å². The lowest BCUT2D eigenvalue weighted by atomic mass is 10.0. The monoisotopic (exact) mass is 326 g/mol. The van der Waals surface area contributed by atoms with Gasteiger partial charge in [-0.2, -0.15) is 0 Å². The van der Waals surface area contributed by atoms with Crippen molar-refractivity contribution in [3.63, 3.8) is 0 Å². The highest BCUT2D eigenvalue weighted by atomic mass is 16.5. The molecular weight excluding hydrogens is 296 g/mol. The number of nitrogens with one attached hydrogen (secondary N) is 1. The molecule has 2 aliphatic heterocycles. The number of carbonyl (C=O) groups is 2. The zero-order valence-electron chi connectivity index (χ0n) is 14.1. The summed E-state index contributed by atoms with van der Waals surface area (Å²) in [5, 5.41) is 3.02. The SMILES string of the molecule is C[C@H]1CCCCN1CCNC(=O)N1CCC(OCC(N)=O)CC1. The van der Waals surface area contributed by atoms with Crippen molar-refractivity contribution in [2.45, 2.75) is 51.2 Å². The van der Waals surface area contributed by atoms with Crippen LogP contribution in [0.3, 0.4) is 0 Å². The van der Waals surface area contributed by atoms with E-state index in [0.29, 0.717) is 25.7 Å². The number of nitrogens with two attached hydrogens (primary N) is 1. The zero-order chi connectivity index (χ0) is 16.7. The van der Waals surface area contributed by atoms with Gasteiger partial charge in [0.1, 0.15) is 6.61 Å². The summed E-state index contributed by atoms with van der Waals surface area (Å²) in [7, 11) is 0. The first-order valence-electron chi connectivity index (χ1n) is 8.73. The standard InChI is InChI=1S/C16H30N4O3/c1-13-4-2-3-8-19(13)11-7-18-16(22)20-9-5-14(6-10-20)23-12-15(17)21/h13-14H,2-12H2,1H3,(H2,17,21)(H,18,22)/t13-/m0/s1. The molecule has 0 spiro atoms. The summed E-state index contributed by atoms with van der Waals surface area (Å²) < 4.78 is 5.41. The van der Waals surface area contributed by atoms with Crippen molar-refractivity contribution >= 4 is 11.9 Å². The highest BCUT2D eigenvalue weighted by Crippen LogP contribution is 2.16. The number of rotatable bonds is 6. The van der Waals surface area contributed by atoms with Crippen molar-refractivity contribution in [3.05, 3.63) is 0 Å². The largest absolute Gasteiger partial charge is 0.368 e. The van der Waals surface area contributed by atoms with Crippen LogP contribution < -0.4 is 11.1 Å². The topological polar surface area (TPSA) is 87.9 Å². The molecule has 2 rings (SSSR count). The van der Waals surface area contributed by atoms with Crippen molar-refractivity contribution < 1.29 is 14.3 Å². The minimum atomic E-state index is -0.447. The van der Waals surface area contributed by atoms with Crippen LogP contribution in [0.25, 0.3) is 0 Å². The first kappa shape index (κ1) is 18.0. The average Bonchev–Trinajstić information content (AvgIpc) is 2.55. The van der Waals surface area contributed by atoms with E-state index in [1.807, 2.05) is 4.90 Å². The maximum atomic E-state index is 12.2. The summed E-state index contributed by atoms with van der Waals surface area (Å²) in [6.45, 7) is 6.31. The Bertz CT molecular complexity index is 397. The number of likely N-dealkylation sites (tertiary alicyclic amines) is 2. The van der Waals surface area contributed by atoms with Gasteiger partial charge in [0.2, 0.25) is 5.91 Å². The van der Waals surface area contributed by atoms with E-state index in [1.54, 1.807) is 0 Å². The fourth-order valence-corrected chi connectivity index (χ4v) is 3.33. The van der Waals surface area contributed by atoms with Crippen LogP contribution in [0.1, 0.15) is 39.0 Å². The Hall–Kier alpha value is -1.34. The third-order valence-electron chi connectivity index (χ3n) is 4.81. The Morgan fingerprint density at radius 1 is 1.17 bits per heavy atom. The van der Waals surface area contributed by atoms with Gasteiger partial charge in [-0.25, -0.2) is 4.79 Å². The van der Waals surface area contributed by atoms with Crippen LogP contribution >= 0.6 is 0 Å². The minimum Gasteiger partial charge on any atom is -0.368 e. The number of piperidine rings is 2. The second-order valence-electron chi connectivity index (χ2n) is 6.58. The summed E-state index contributed by atoms with van der Waals surface area (Å²) in [6, 6.07) is 0.627. The normalized spacial score (nSPS) is 23.7. The van der Waals surface area contributed by atoms with E-state index in [4.69, 9.17) is 10.5 Å². The third kappa shape index (κ3) is 5.99. The second kappa shape index (κ2) is 9.08. The van der Waals surface area contributed by atoms with Crippen molar-refractivity contribution in [1.82, 2.24) is 15.1 Å². The number of urea groups is 1. The molecule has 7 nitrogen and oxygen atoms in total. The molecule has 0 unspecified atom stereocenters. The fourth-order valence-electron chi connectivity index (χ4n) is 3.33. The van der Waals surface area contributed by atoms with Gasteiger partial charge in [0.15, 0.2) is 0 Å². The van der Waals surface area contributed by atoms with Crippen LogP contribution in [-0.2, 0) is 9.53 Å². The Morgan fingerprint density at radius 3 is 2.57 bits per heavy atom. The average molecular weight is 326 g/mol. The highest BCUT2D eigenvalue weighted by Gasteiger charge is 2.24. The lowest BCUT2D eigenvalue weighted by molar-refractivity contribution is -0.125. The number of nitrogens with zero attached hydrogens (tertiary/aromatic N) is 2. The Morgan fingerprint density at radius 2 is 1.91 bits per heavy atom. The molecular formula is C16H30N4O3. The van der Waals surface area contributed by atoms with E-state index in [9.17, 15) is 9.59 Å². The third-order valence-corrected chi connectivity index (χ3v) is 4.81. The van der Waals surface area contributed by atoms with Gasteiger partial charge in [0.25, 0.3) is 0 Å². The van der Waals surface area contributed by atoms with Gasteiger partial charge in [0.05, 0.1) is 6.10 Å². The van der Waals surface area contributed by atoms with Gasteiger partial charge < -0.3 is 20.7 Å². The number of carbonyl (C=O) groups excluding carboxylic acids is 2. The van der Waals surface area contributed by atoms with Crippen LogP contribution in [0, 0.1) is 0 Å². The molecule has 132 valence electrons. The molecule has 0 aromatic carbocycles. The zero-order valence-corrected chi connectivity index (χ0v) is 14.1. The quantitative estimate of drug-likeness (QED) is 0.745. The number of primary amides is 1. The van der Waals surface area contributed by atoms with Crippen molar-refractivity contribution in [2.24, 2.45) is 5.73 Å². The van der Waals surface area contributed by atoms with Gasteiger partial charge in [-0.1, -0.05) is 6.42 Å². The van der Waals surface area contributed by atoms with Crippen LogP contribution in [0.15, 0.2) is 0 Å². The molecule has 23 heavy (non-hydrogen) atoms. The number of hydrogen-bond donors (Lipinski definition) is 2. The maximum Gasteiger partial charge on any atom is 0.317 e. The molecule has 0 bridgehead atoms. The molecule has 2 fully saturated rings. The fraction of sp³-hybridized carbons (Fsp3) is 0.875. The van der Waals surface area contributed by atoms with Gasteiger partial charge in [0, 0.05) is 32.2 Å². The minimum absolute atomic E-state index is 0.00279. The van der Waals surface area contributed by atoms with E-state index < -0.39 is 5.91 Å². The molecule has 7 heteroatoms. The van der Waals surface area contributed by atoms with Crippen LogP contribution in [-0.4, -0.2) is 73.2 Å². The summed E-state index contributed by atoms with van der Waals surface area (Å²) >= 11 is 0. The smallest absolute Gasteiger partial charge is 0.317 e. The summed E-state index contributed by atoms with van der Waals surface area (Å²) in [5.41, 5.74) is 5.07. The molecule has 2 heterocycles. The van der Waals surface area contributed by atoms with E-state index in [2.05, 4.69) is 17.1 Å². The predicted octanol–water partition coefficient (Wildman–Crippen LogP) is 0.537. The number of amides is 3. The molecule has 0 radical (unpaired) electrons. The predicted molar refractivity (Wildman–Crippen MR) is 88.0 cm³/mol. The first-order chi connectivity index (χ1) is 11.1. The van der Waals surface area contributed by atoms with Gasteiger partial charge in [-0.05, 0) is 39.2 Å². The van der Waals surface area contributed by atoms with Crippen molar-refractivity contribution in [1.29, 1.82) is 0 Å². The van der Waals surface area contributed by atoms with Crippen LogP contribution in [0.4, 0.5) is 4.79 Å². The summed E-state index contributed by atoms with van der Waals surface area (Å²) in [6.07, 6.45) is 5.37. The first-order valence-corrected chi connectivity index (χ1v) is 8.73. The molecule has 2 saturated heterocycles. The van der Waals surface area contributed by atoms with Crippen LogP contribution in [0.2, 0.25) is 0 Å². The van der Waals surface area contributed by atoms with Crippen LogP contribution in [0.5, 0.6) is 0 Å². The number of ether oxygens (including phenoxy) is 1. The van der Waals surface area contributed by atoms with Gasteiger partial charge >= 0.3 is 6.03 Å². The molecule has 0 saturated carbocycles. The lowest BCUT2D eigenvalue weighted by Crippen LogP contribution is -2.48. The number of hydrogen-bond acceptors (Lipinski definition) is 4. The van der Waals surface area contributed by atoms with E-state index in [-0.39, 0.29) is 18.7 Å². The second-order valence-corrected chi connectivity index (χ2v) is 6.58. The molecule has 0 aromatic rings. The molecule has 0 aliphatic carbocycles. The lowest BCUT2D eigenvalue weighted by Gasteiger charge is -2.34. The maximum absolute atomic E-state index is 12.2. The van der Waals surface area contributed by atoms with Gasteiger partial charge in [-0.15, -0.1) is 0 Å². The van der Waals surface area contributed by atoms with E-state index in [0.717, 1.165) is 25.9 Å². The van der Waals surface area contributed by atoms with Gasteiger partial charge in [-0.3, -0.25) is 9.69 Å². The summed E-state index contributed by atoms with van der Waals surface area (Å²) in [5.74, 6) is -0.447. The summed E-state index contributed by atoms with van der Waals surface area (Å²) in [4.78, 5) is 27.2. The van der Waals surface area contributed by atoms with Crippen molar-refractivity contribution in [3.8, 4) is 0 Å². The molecule has 0 aromatic heterocycles. The van der Waals surface area contributed by atoms with Crippen molar-refractivity contribution in [2.75, 3.05) is 39.3 Å². The Labute approximate surface area is 138 Å². The molecule has 2 aliphatic rings.